The Morgan fingerprint density at radius 2 is 1.74 bits per heavy atom. The van der Waals surface area contributed by atoms with Crippen molar-refractivity contribution >= 4 is 15.7 Å². The summed E-state index contributed by atoms with van der Waals surface area (Å²) in [5.41, 5.74) is 0.850. The largest absolute Gasteiger partial charge is 0.341 e. The van der Waals surface area contributed by atoms with Gasteiger partial charge in [0, 0.05) is 19.0 Å². The van der Waals surface area contributed by atoms with Gasteiger partial charge in [-0.05, 0) is 43.6 Å². The predicted octanol–water partition coefficient (Wildman–Crippen LogP) is 4.37. The van der Waals surface area contributed by atoms with Crippen LogP contribution in [0.25, 0.3) is 0 Å². The Balaban J connectivity index is 1.60. The van der Waals surface area contributed by atoms with Gasteiger partial charge in [0.1, 0.15) is 0 Å². The van der Waals surface area contributed by atoms with Crippen LogP contribution in [0.5, 0.6) is 0 Å². The zero-order valence-electron chi connectivity index (χ0n) is 16.5. The lowest BCUT2D eigenvalue weighted by Crippen LogP contribution is -2.39. The van der Waals surface area contributed by atoms with Gasteiger partial charge >= 0.3 is 0 Å². The van der Waals surface area contributed by atoms with Crippen LogP contribution < -0.4 is 0 Å². The Morgan fingerprint density at radius 3 is 2.41 bits per heavy atom. The van der Waals surface area contributed by atoms with E-state index < -0.39 is 15.1 Å². The number of rotatable bonds is 5. The fourth-order valence-corrected chi connectivity index (χ4v) is 6.45. The highest BCUT2D eigenvalue weighted by atomic mass is 32.2. The molecule has 150 valence electrons. The minimum absolute atomic E-state index is 0.0736. The summed E-state index contributed by atoms with van der Waals surface area (Å²) < 4.78 is 25.5. The van der Waals surface area contributed by atoms with Gasteiger partial charge in [-0.3, -0.25) is 4.79 Å². The van der Waals surface area contributed by atoms with Crippen molar-refractivity contribution in [3.05, 3.63) is 35.9 Å². The lowest BCUT2D eigenvalue weighted by atomic mass is 9.79. The highest BCUT2D eigenvalue weighted by molar-refractivity contribution is 7.91. The van der Waals surface area contributed by atoms with Crippen molar-refractivity contribution in [1.29, 1.82) is 0 Å². The van der Waals surface area contributed by atoms with Gasteiger partial charge in [-0.2, -0.15) is 0 Å². The zero-order valence-corrected chi connectivity index (χ0v) is 17.3. The average Bonchev–Trinajstić information content (AvgIpc) is 2.85. The Labute approximate surface area is 164 Å². The van der Waals surface area contributed by atoms with Crippen LogP contribution in [0.2, 0.25) is 0 Å². The predicted molar refractivity (Wildman–Crippen MR) is 109 cm³/mol. The number of carbonyl (C=O) groups excluding carboxylic acids is 1. The molecule has 4 nitrogen and oxygen atoms in total. The third-order valence-electron chi connectivity index (χ3n) is 6.39. The third kappa shape index (κ3) is 5.13. The van der Waals surface area contributed by atoms with Crippen molar-refractivity contribution in [3.8, 4) is 0 Å². The van der Waals surface area contributed by atoms with Gasteiger partial charge in [-0.15, -0.1) is 0 Å². The second-order valence-electron chi connectivity index (χ2n) is 8.24. The van der Waals surface area contributed by atoms with E-state index in [0.717, 1.165) is 37.2 Å². The van der Waals surface area contributed by atoms with Gasteiger partial charge in [0.15, 0.2) is 9.84 Å². The summed E-state index contributed by atoms with van der Waals surface area (Å²) in [6, 6.07) is 9.44. The van der Waals surface area contributed by atoms with Crippen molar-refractivity contribution in [2.24, 2.45) is 11.8 Å². The molecule has 1 aliphatic heterocycles. The molecule has 0 bridgehead atoms. The first-order chi connectivity index (χ1) is 13.0. The first-order valence-electron chi connectivity index (χ1n) is 10.6. The van der Waals surface area contributed by atoms with Crippen molar-refractivity contribution in [1.82, 2.24) is 4.90 Å². The quantitative estimate of drug-likeness (QED) is 0.749. The molecule has 1 aromatic rings. The summed E-state index contributed by atoms with van der Waals surface area (Å²) in [4.78, 5) is 14.8. The summed E-state index contributed by atoms with van der Waals surface area (Å²) >= 11 is 0. The Hall–Kier alpha value is -1.36. The SMILES string of the molecule is CCCCC1CCC(C(=O)N2CCC(c3ccccc3)S(=O)(=O)CC2)CC1. The molecule has 1 saturated heterocycles. The molecule has 0 N–H and O–H groups in total. The van der Waals surface area contributed by atoms with Crippen LogP contribution in [0.15, 0.2) is 30.3 Å². The summed E-state index contributed by atoms with van der Waals surface area (Å²) in [7, 11) is -3.22. The van der Waals surface area contributed by atoms with Crippen LogP contribution in [0.4, 0.5) is 0 Å². The fraction of sp³-hybridized carbons (Fsp3) is 0.682. The Morgan fingerprint density at radius 1 is 1.04 bits per heavy atom. The van der Waals surface area contributed by atoms with Crippen LogP contribution in [0, 0.1) is 11.8 Å². The van der Waals surface area contributed by atoms with Gasteiger partial charge < -0.3 is 4.90 Å². The van der Waals surface area contributed by atoms with Crippen molar-refractivity contribution in [3.63, 3.8) is 0 Å². The Kier molecular flexibility index (Phi) is 6.96. The van der Waals surface area contributed by atoms with E-state index in [1.165, 1.54) is 19.3 Å². The van der Waals surface area contributed by atoms with Crippen LogP contribution in [0.1, 0.15) is 69.1 Å². The molecule has 1 aliphatic carbocycles. The first kappa shape index (κ1) is 20.4. The van der Waals surface area contributed by atoms with E-state index >= 15 is 0 Å². The van der Waals surface area contributed by atoms with Crippen LogP contribution >= 0.6 is 0 Å². The van der Waals surface area contributed by atoms with E-state index in [1.807, 2.05) is 35.2 Å². The van der Waals surface area contributed by atoms with E-state index in [2.05, 4.69) is 6.92 Å². The maximum absolute atomic E-state index is 13.0. The van der Waals surface area contributed by atoms with Crippen molar-refractivity contribution in [2.45, 2.75) is 63.5 Å². The molecule has 0 aromatic heterocycles. The molecular weight excluding hydrogens is 358 g/mol. The summed E-state index contributed by atoms with van der Waals surface area (Å²) in [6.45, 7) is 3.12. The average molecular weight is 392 g/mol. The molecule has 5 heteroatoms. The highest BCUT2D eigenvalue weighted by Crippen LogP contribution is 2.34. The number of nitrogens with zero attached hydrogens (tertiary/aromatic N) is 1. The van der Waals surface area contributed by atoms with Crippen molar-refractivity contribution in [2.75, 3.05) is 18.8 Å². The van der Waals surface area contributed by atoms with Crippen LogP contribution in [-0.2, 0) is 14.6 Å². The molecule has 0 radical (unpaired) electrons. The molecule has 3 rings (SSSR count). The summed E-state index contributed by atoms with van der Waals surface area (Å²) in [5, 5.41) is -0.485. The normalized spacial score (nSPS) is 28.5. The van der Waals surface area contributed by atoms with Crippen LogP contribution in [0.3, 0.4) is 0 Å². The molecular formula is C22H33NO3S. The number of hydrogen-bond acceptors (Lipinski definition) is 3. The fourth-order valence-electron chi connectivity index (χ4n) is 4.66. The minimum atomic E-state index is -3.22. The number of amides is 1. The molecule has 27 heavy (non-hydrogen) atoms. The molecule has 2 aliphatic rings. The number of unbranched alkanes of at least 4 members (excludes halogenated alkanes) is 1. The van der Waals surface area contributed by atoms with Gasteiger partial charge in [-0.1, -0.05) is 56.5 Å². The molecule has 1 atom stereocenters. The van der Waals surface area contributed by atoms with E-state index in [-0.39, 0.29) is 17.6 Å². The molecule has 1 amide bonds. The second-order valence-corrected chi connectivity index (χ2v) is 10.5. The topological polar surface area (TPSA) is 54.5 Å². The first-order valence-corrected chi connectivity index (χ1v) is 12.3. The smallest absolute Gasteiger partial charge is 0.225 e. The number of benzene rings is 1. The highest BCUT2D eigenvalue weighted by Gasteiger charge is 2.35. The minimum Gasteiger partial charge on any atom is -0.341 e. The molecule has 1 unspecified atom stereocenters. The third-order valence-corrected chi connectivity index (χ3v) is 8.51. The molecule has 2 fully saturated rings. The van der Waals surface area contributed by atoms with Crippen molar-refractivity contribution < 1.29 is 13.2 Å². The van der Waals surface area contributed by atoms with Gasteiger partial charge in [0.05, 0.1) is 11.0 Å². The molecule has 1 saturated carbocycles. The molecule has 1 aromatic carbocycles. The summed E-state index contributed by atoms with van der Waals surface area (Å²) in [5.74, 6) is 1.14. The maximum Gasteiger partial charge on any atom is 0.225 e. The monoisotopic (exact) mass is 391 g/mol. The number of hydrogen-bond donors (Lipinski definition) is 0. The number of carbonyl (C=O) groups is 1. The second kappa shape index (κ2) is 9.22. The standard InChI is InChI=1S/C22H33NO3S/c1-2-3-7-18-10-12-20(13-11-18)22(24)23-15-14-21(27(25,26)17-16-23)19-8-5-4-6-9-19/h4-6,8-9,18,20-21H,2-3,7,10-17H2,1H3. The molecule has 0 spiro atoms. The maximum atomic E-state index is 13.0. The van der Waals surface area contributed by atoms with E-state index in [0.29, 0.717) is 19.5 Å². The lowest BCUT2D eigenvalue weighted by Gasteiger charge is -2.31. The van der Waals surface area contributed by atoms with E-state index in [4.69, 9.17) is 0 Å². The number of sulfone groups is 1. The van der Waals surface area contributed by atoms with Gasteiger partial charge in [0.2, 0.25) is 5.91 Å². The Bertz CT molecular complexity index is 708. The van der Waals surface area contributed by atoms with Crippen LogP contribution in [-0.4, -0.2) is 38.1 Å². The molecule has 1 heterocycles. The lowest BCUT2D eigenvalue weighted by molar-refractivity contribution is -0.136. The zero-order chi connectivity index (χ0) is 19.3. The van der Waals surface area contributed by atoms with E-state index in [9.17, 15) is 13.2 Å². The van der Waals surface area contributed by atoms with Gasteiger partial charge in [0.25, 0.3) is 0 Å². The van der Waals surface area contributed by atoms with E-state index in [1.54, 1.807) is 0 Å². The summed E-state index contributed by atoms with van der Waals surface area (Å²) in [6.07, 6.45) is 8.56. The van der Waals surface area contributed by atoms with Gasteiger partial charge in [-0.25, -0.2) is 8.42 Å².